The highest BCUT2D eigenvalue weighted by atomic mass is 16.4. The van der Waals surface area contributed by atoms with Crippen LogP contribution in [0.2, 0.25) is 0 Å². The van der Waals surface area contributed by atoms with Gasteiger partial charge in [-0.05, 0) is 24.6 Å². The Bertz CT molecular complexity index is 377. The minimum absolute atomic E-state index is 0.343. The number of benzene rings is 1. The number of rotatable bonds is 10. The molecule has 0 aliphatic rings. The Balaban J connectivity index is 0.000000461. The minimum atomic E-state index is -0.659. The normalized spacial score (nSPS) is 9.86. The van der Waals surface area contributed by atoms with Gasteiger partial charge in [0.25, 0.3) is 0 Å². The Morgan fingerprint density at radius 3 is 1.73 bits per heavy atom. The van der Waals surface area contributed by atoms with E-state index in [1.54, 1.807) is 18.2 Å². The lowest BCUT2D eigenvalue weighted by Crippen LogP contribution is -1.93. The highest BCUT2D eigenvalue weighted by Gasteiger charge is 1.96. The van der Waals surface area contributed by atoms with E-state index in [-0.39, 0.29) is 0 Å². The molecule has 0 aliphatic carbocycles. The highest BCUT2D eigenvalue weighted by Crippen LogP contribution is 2.10. The number of carbonyl (C=O) groups is 1. The van der Waals surface area contributed by atoms with E-state index >= 15 is 0 Å². The van der Waals surface area contributed by atoms with Crippen LogP contribution in [0.3, 0.4) is 0 Å². The van der Waals surface area contributed by atoms with E-state index in [0.29, 0.717) is 17.8 Å². The van der Waals surface area contributed by atoms with Crippen molar-refractivity contribution in [2.45, 2.75) is 71.1 Å². The van der Waals surface area contributed by atoms with Crippen molar-refractivity contribution in [2.24, 2.45) is 0 Å². The summed E-state index contributed by atoms with van der Waals surface area (Å²) in [5.41, 5.74) is 12.2. The summed E-state index contributed by atoms with van der Waals surface area (Å²) in [4.78, 5) is 10.2. The molecule has 1 rings (SSSR count). The van der Waals surface area contributed by atoms with Crippen LogP contribution < -0.4 is 11.5 Å². The van der Waals surface area contributed by atoms with Gasteiger partial charge in [-0.1, -0.05) is 64.4 Å². The summed E-state index contributed by atoms with van der Waals surface area (Å²) < 4.78 is 0. The second-order valence-electron chi connectivity index (χ2n) is 5.64. The summed E-state index contributed by atoms with van der Waals surface area (Å²) in [6.45, 7) is 2.23. The molecular formula is C18H32N2O2. The van der Waals surface area contributed by atoms with Crippen LogP contribution in [0.25, 0.3) is 0 Å². The first kappa shape index (κ1) is 20.3. The Morgan fingerprint density at radius 2 is 1.36 bits per heavy atom. The first-order valence-corrected chi connectivity index (χ1v) is 8.39. The van der Waals surface area contributed by atoms with Gasteiger partial charge in [-0.15, -0.1) is 0 Å². The number of nitrogen functional groups attached to an aromatic ring is 2. The third kappa shape index (κ3) is 14.7. The molecule has 0 heterocycles. The van der Waals surface area contributed by atoms with Crippen LogP contribution >= 0.6 is 0 Å². The van der Waals surface area contributed by atoms with Gasteiger partial charge in [-0.3, -0.25) is 4.79 Å². The average molecular weight is 308 g/mol. The molecule has 4 nitrogen and oxygen atoms in total. The summed E-state index contributed by atoms with van der Waals surface area (Å²) in [5.74, 6) is -0.659. The molecule has 0 saturated carbocycles. The van der Waals surface area contributed by atoms with Crippen molar-refractivity contribution in [3.05, 3.63) is 24.3 Å². The van der Waals surface area contributed by atoms with Crippen LogP contribution in [-0.2, 0) is 4.79 Å². The standard InChI is InChI=1S/C12H24O2.C6H8N2/c1-2-3-4-5-6-7-8-9-10-11-12(13)14;7-5-2-1-3-6(8)4-5/h2-11H2,1H3,(H,13,14);1-4H,7-8H2. The molecule has 0 saturated heterocycles. The molecule has 0 unspecified atom stereocenters. The van der Waals surface area contributed by atoms with Crippen LogP contribution in [0.5, 0.6) is 0 Å². The zero-order chi connectivity index (χ0) is 16.6. The van der Waals surface area contributed by atoms with Crippen molar-refractivity contribution in [2.75, 3.05) is 11.5 Å². The maximum absolute atomic E-state index is 10.2. The molecular weight excluding hydrogens is 276 g/mol. The number of nitrogens with two attached hydrogens (primary N) is 2. The van der Waals surface area contributed by atoms with Crippen LogP contribution in [0.4, 0.5) is 11.4 Å². The van der Waals surface area contributed by atoms with Gasteiger partial charge in [0, 0.05) is 17.8 Å². The molecule has 0 aliphatic heterocycles. The van der Waals surface area contributed by atoms with Crippen molar-refractivity contribution in [3.8, 4) is 0 Å². The third-order valence-electron chi connectivity index (χ3n) is 3.40. The van der Waals surface area contributed by atoms with Gasteiger partial charge < -0.3 is 16.6 Å². The largest absolute Gasteiger partial charge is 0.481 e. The zero-order valence-corrected chi connectivity index (χ0v) is 13.9. The lowest BCUT2D eigenvalue weighted by molar-refractivity contribution is -0.137. The monoisotopic (exact) mass is 308 g/mol. The highest BCUT2D eigenvalue weighted by molar-refractivity contribution is 5.66. The van der Waals surface area contributed by atoms with Crippen LogP contribution in [-0.4, -0.2) is 11.1 Å². The maximum Gasteiger partial charge on any atom is 0.303 e. The van der Waals surface area contributed by atoms with E-state index in [1.807, 2.05) is 6.07 Å². The first-order valence-electron chi connectivity index (χ1n) is 8.39. The van der Waals surface area contributed by atoms with E-state index in [0.717, 1.165) is 12.8 Å². The quantitative estimate of drug-likeness (QED) is 0.426. The van der Waals surface area contributed by atoms with Gasteiger partial charge in [-0.25, -0.2) is 0 Å². The van der Waals surface area contributed by atoms with Gasteiger partial charge >= 0.3 is 5.97 Å². The molecule has 1 aromatic rings. The summed E-state index contributed by atoms with van der Waals surface area (Å²) in [7, 11) is 0. The summed E-state index contributed by atoms with van der Waals surface area (Å²) in [6, 6.07) is 7.15. The number of aliphatic carboxylic acids is 1. The molecule has 1 aromatic carbocycles. The van der Waals surface area contributed by atoms with Crippen molar-refractivity contribution in [3.63, 3.8) is 0 Å². The molecule has 126 valence electrons. The van der Waals surface area contributed by atoms with Crippen molar-refractivity contribution >= 4 is 17.3 Å². The van der Waals surface area contributed by atoms with E-state index in [1.165, 1.54) is 44.9 Å². The Kier molecular flexibility index (Phi) is 13.1. The number of anilines is 2. The van der Waals surface area contributed by atoms with E-state index in [4.69, 9.17) is 16.6 Å². The zero-order valence-electron chi connectivity index (χ0n) is 13.9. The van der Waals surface area contributed by atoms with Crippen LogP contribution in [0.15, 0.2) is 24.3 Å². The number of carboxylic acid groups (broad SMARTS) is 1. The average Bonchev–Trinajstić information content (AvgIpc) is 2.46. The molecule has 0 radical (unpaired) electrons. The summed E-state index contributed by atoms with van der Waals surface area (Å²) in [6.07, 6.45) is 11.5. The Hall–Kier alpha value is -1.71. The summed E-state index contributed by atoms with van der Waals surface area (Å²) in [5, 5.41) is 8.41. The fraction of sp³-hybridized carbons (Fsp3) is 0.611. The van der Waals surface area contributed by atoms with Gasteiger partial charge in [0.2, 0.25) is 0 Å². The molecule has 0 bridgehead atoms. The first-order chi connectivity index (χ1) is 10.6. The molecule has 0 amide bonds. The van der Waals surface area contributed by atoms with Crippen LogP contribution in [0.1, 0.15) is 71.1 Å². The lowest BCUT2D eigenvalue weighted by Gasteiger charge is -2.00. The van der Waals surface area contributed by atoms with E-state index in [9.17, 15) is 4.79 Å². The van der Waals surface area contributed by atoms with Gasteiger partial charge in [0.15, 0.2) is 0 Å². The predicted molar refractivity (Wildman–Crippen MR) is 94.7 cm³/mol. The summed E-state index contributed by atoms with van der Waals surface area (Å²) >= 11 is 0. The maximum atomic E-state index is 10.2. The van der Waals surface area contributed by atoms with Crippen LogP contribution in [0, 0.1) is 0 Å². The molecule has 0 aromatic heterocycles. The molecule has 4 heteroatoms. The fourth-order valence-electron chi connectivity index (χ4n) is 2.15. The van der Waals surface area contributed by atoms with Gasteiger partial charge in [-0.2, -0.15) is 0 Å². The molecule has 0 spiro atoms. The second-order valence-corrected chi connectivity index (χ2v) is 5.64. The Labute approximate surface area is 134 Å². The molecule has 22 heavy (non-hydrogen) atoms. The third-order valence-corrected chi connectivity index (χ3v) is 3.40. The van der Waals surface area contributed by atoms with Crippen molar-refractivity contribution in [1.82, 2.24) is 0 Å². The number of carboxylic acids is 1. The van der Waals surface area contributed by atoms with E-state index in [2.05, 4.69) is 6.92 Å². The SMILES string of the molecule is CCCCCCCCCCCC(=O)O.Nc1cccc(N)c1. The minimum Gasteiger partial charge on any atom is -0.481 e. The topological polar surface area (TPSA) is 89.3 Å². The fourth-order valence-corrected chi connectivity index (χ4v) is 2.15. The van der Waals surface area contributed by atoms with Gasteiger partial charge in [0.1, 0.15) is 0 Å². The number of hydrogen-bond acceptors (Lipinski definition) is 3. The molecule has 0 atom stereocenters. The van der Waals surface area contributed by atoms with Crippen molar-refractivity contribution in [1.29, 1.82) is 0 Å². The van der Waals surface area contributed by atoms with Crippen molar-refractivity contribution < 1.29 is 9.90 Å². The van der Waals surface area contributed by atoms with E-state index < -0.39 is 5.97 Å². The lowest BCUT2D eigenvalue weighted by atomic mass is 10.1. The number of hydrogen-bond donors (Lipinski definition) is 3. The van der Waals surface area contributed by atoms with Gasteiger partial charge in [0.05, 0.1) is 0 Å². The molecule has 0 fully saturated rings. The molecule has 5 N–H and O–H groups in total. The Morgan fingerprint density at radius 1 is 0.909 bits per heavy atom. The predicted octanol–water partition coefficient (Wildman–Crippen LogP) is 4.84. The second kappa shape index (κ2) is 14.2. The smallest absolute Gasteiger partial charge is 0.303 e. The number of unbranched alkanes of at least 4 members (excludes halogenated alkanes) is 8.